The highest BCUT2D eigenvalue weighted by molar-refractivity contribution is 7.20. The first-order valence-electron chi connectivity index (χ1n) is 4.09. The maximum atomic E-state index is 10.8. The van der Waals surface area contributed by atoms with E-state index < -0.39 is 0 Å². The van der Waals surface area contributed by atoms with Crippen LogP contribution in [0.5, 0.6) is 0 Å². The Kier molecular flexibility index (Phi) is 2.44. The van der Waals surface area contributed by atoms with Crippen molar-refractivity contribution in [2.24, 2.45) is 0 Å². The summed E-state index contributed by atoms with van der Waals surface area (Å²) in [5.41, 5.74) is 7.36. The number of hydrogen-bond donors (Lipinski definition) is 1. The van der Waals surface area contributed by atoms with Gasteiger partial charge in [0.25, 0.3) is 0 Å². The number of fused-ring (bicyclic) bond motifs is 1. The number of nitrogens with two attached hydrogens (primary N) is 1. The molecule has 4 heteroatoms. The predicted molar refractivity (Wildman–Crippen MR) is 61.2 cm³/mol. The first-order valence-corrected chi connectivity index (χ1v) is 5.44. The fraction of sp³-hybridized carbons (Fsp3) is 0.100. The summed E-state index contributed by atoms with van der Waals surface area (Å²) in [4.78, 5) is 11.5. The number of rotatable bonds is 2. The van der Waals surface area contributed by atoms with Crippen molar-refractivity contribution >= 4 is 45.0 Å². The van der Waals surface area contributed by atoms with E-state index in [1.165, 1.54) is 11.3 Å². The van der Waals surface area contributed by atoms with Gasteiger partial charge in [0.1, 0.15) is 0 Å². The number of thiophene rings is 1. The van der Waals surface area contributed by atoms with E-state index in [-0.39, 0.29) is 0 Å². The van der Waals surface area contributed by atoms with Crippen LogP contribution in [-0.4, -0.2) is 6.29 Å². The van der Waals surface area contributed by atoms with E-state index in [0.717, 1.165) is 21.9 Å². The molecule has 2 aromatic rings. The van der Waals surface area contributed by atoms with E-state index in [2.05, 4.69) is 0 Å². The standard InChI is InChI=1S/C10H8ClNOS/c11-4-6-9(5-13)14-8-3-1-2-7(12)10(6)8/h1-3,5H,4,12H2. The Balaban J connectivity index is 2.88. The molecule has 0 fully saturated rings. The van der Waals surface area contributed by atoms with Crippen molar-refractivity contribution in [2.45, 2.75) is 5.88 Å². The van der Waals surface area contributed by atoms with Crippen molar-refractivity contribution in [3.63, 3.8) is 0 Å². The van der Waals surface area contributed by atoms with Gasteiger partial charge in [-0.1, -0.05) is 6.07 Å². The molecule has 14 heavy (non-hydrogen) atoms. The lowest BCUT2D eigenvalue weighted by Crippen LogP contribution is -1.88. The quantitative estimate of drug-likeness (QED) is 0.485. The molecule has 1 heterocycles. The Morgan fingerprint density at radius 1 is 1.50 bits per heavy atom. The van der Waals surface area contributed by atoms with Gasteiger partial charge in [0.05, 0.1) is 4.88 Å². The van der Waals surface area contributed by atoms with E-state index in [4.69, 9.17) is 17.3 Å². The number of aldehydes is 1. The molecule has 0 amide bonds. The van der Waals surface area contributed by atoms with Crippen molar-refractivity contribution < 1.29 is 4.79 Å². The zero-order valence-electron chi connectivity index (χ0n) is 7.29. The van der Waals surface area contributed by atoms with Crippen molar-refractivity contribution in [1.82, 2.24) is 0 Å². The van der Waals surface area contributed by atoms with Crippen LogP contribution in [0, 0.1) is 0 Å². The SMILES string of the molecule is Nc1cccc2sc(C=O)c(CCl)c12. The molecule has 72 valence electrons. The monoisotopic (exact) mass is 225 g/mol. The molecule has 0 bridgehead atoms. The lowest BCUT2D eigenvalue weighted by atomic mass is 10.1. The van der Waals surface area contributed by atoms with Crippen molar-refractivity contribution in [2.75, 3.05) is 5.73 Å². The molecule has 1 aromatic heterocycles. The molecule has 0 saturated carbocycles. The van der Waals surface area contributed by atoms with Gasteiger partial charge in [-0.25, -0.2) is 0 Å². The van der Waals surface area contributed by atoms with Crippen LogP contribution in [0.2, 0.25) is 0 Å². The number of carbonyl (C=O) groups is 1. The minimum Gasteiger partial charge on any atom is -0.398 e. The molecule has 0 saturated heterocycles. The normalized spacial score (nSPS) is 10.6. The summed E-state index contributed by atoms with van der Waals surface area (Å²) >= 11 is 7.23. The molecule has 2 rings (SSSR count). The van der Waals surface area contributed by atoms with Gasteiger partial charge in [-0.2, -0.15) is 0 Å². The fourth-order valence-electron chi connectivity index (χ4n) is 1.49. The van der Waals surface area contributed by atoms with E-state index in [1.54, 1.807) is 0 Å². The number of carbonyl (C=O) groups excluding carboxylic acids is 1. The zero-order chi connectivity index (χ0) is 10.1. The van der Waals surface area contributed by atoms with Gasteiger partial charge < -0.3 is 5.73 Å². The van der Waals surface area contributed by atoms with Gasteiger partial charge in [-0.05, 0) is 17.7 Å². The van der Waals surface area contributed by atoms with Gasteiger partial charge >= 0.3 is 0 Å². The summed E-state index contributed by atoms with van der Waals surface area (Å²) in [6, 6.07) is 5.64. The van der Waals surface area contributed by atoms with Crippen LogP contribution in [0.4, 0.5) is 5.69 Å². The van der Waals surface area contributed by atoms with E-state index in [0.29, 0.717) is 16.4 Å². The second kappa shape index (κ2) is 3.59. The van der Waals surface area contributed by atoms with Crippen LogP contribution >= 0.6 is 22.9 Å². The number of benzene rings is 1. The minimum absolute atomic E-state index is 0.322. The first kappa shape index (κ1) is 9.49. The van der Waals surface area contributed by atoms with Crippen LogP contribution in [-0.2, 0) is 5.88 Å². The second-order valence-electron chi connectivity index (χ2n) is 2.92. The number of hydrogen-bond acceptors (Lipinski definition) is 3. The van der Waals surface area contributed by atoms with Crippen LogP contribution in [0.3, 0.4) is 0 Å². The molecule has 2 N–H and O–H groups in total. The summed E-state index contributed by atoms with van der Waals surface area (Å²) in [5.74, 6) is 0.322. The minimum atomic E-state index is 0.322. The third-order valence-corrected chi connectivity index (χ3v) is 3.51. The summed E-state index contributed by atoms with van der Waals surface area (Å²) in [6.07, 6.45) is 0.835. The number of anilines is 1. The van der Waals surface area contributed by atoms with Crippen LogP contribution in [0.1, 0.15) is 15.2 Å². The van der Waals surface area contributed by atoms with Crippen molar-refractivity contribution in [3.05, 3.63) is 28.6 Å². The summed E-state index contributed by atoms with van der Waals surface area (Å²) in [6.45, 7) is 0. The molecule has 0 spiro atoms. The predicted octanol–water partition coefficient (Wildman–Crippen LogP) is 3.03. The average Bonchev–Trinajstić information content (AvgIpc) is 2.56. The molecule has 0 aliphatic carbocycles. The van der Waals surface area contributed by atoms with E-state index >= 15 is 0 Å². The largest absolute Gasteiger partial charge is 0.398 e. The highest BCUT2D eigenvalue weighted by atomic mass is 35.5. The fourth-order valence-corrected chi connectivity index (χ4v) is 2.92. The van der Waals surface area contributed by atoms with Gasteiger partial charge in [0.15, 0.2) is 6.29 Å². The lowest BCUT2D eigenvalue weighted by molar-refractivity contribution is 0.112. The second-order valence-corrected chi connectivity index (χ2v) is 4.27. The smallest absolute Gasteiger partial charge is 0.160 e. The number of alkyl halides is 1. The highest BCUT2D eigenvalue weighted by Crippen LogP contribution is 2.34. The number of halogens is 1. The topological polar surface area (TPSA) is 43.1 Å². The Morgan fingerprint density at radius 3 is 2.93 bits per heavy atom. The van der Waals surface area contributed by atoms with E-state index in [9.17, 15) is 4.79 Å². The molecular weight excluding hydrogens is 218 g/mol. The molecule has 2 nitrogen and oxygen atoms in total. The third-order valence-electron chi connectivity index (χ3n) is 2.12. The van der Waals surface area contributed by atoms with Crippen LogP contribution in [0.25, 0.3) is 10.1 Å². The molecule has 0 atom stereocenters. The van der Waals surface area contributed by atoms with E-state index in [1.807, 2.05) is 18.2 Å². The maximum Gasteiger partial charge on any atom is 0.160 e. The molecular formula is C10H8ClNOS. The highest BCUT2D eigenvalue weighted by Gasteiger charge is 2.12. The summed E-state index contributed by atoms with van der Waals surface area (Å²) in [5, 5.41) is 0.926. The molecule has 0 aliphatic rings. The Morgan fingerprint density at radius 2 is 2.29 bits per heavy atom. The van der Waals surface area contributed by atoms with Crippen LogP contribution in [0.15, 0.2) is 18.2 Å². The zero-order valence-corrected chi connectivity index (χ0v) is 8.86. The van der Waals surface area contributed by atoms with Gasteiger partial charge in [-0.3, -0.25) is 4.79 Å². The van der Waals surface area contributed by atoms with Gasteiger partial charge in [0, 0.05) is 21.7 Å². The Labute approximate surface area is 90.3 Å². The Hall–Kier alpha value is -1.06. The molecule has 0 radical (unpaired) electrons. The molecule has 0 aliphatic heterocycles. The first-order chi connectivity index (χ1) is 6.77. The summed E-state index contributed by atoms with van der Waals surface area (Å²) < 4.78 is 1.02. The third kappa shape index (κ3) is 1.29. The number of nitrogen functional groups attached to an aromatic ring is 1. The molecule has 1 aromatic carbocycles. The van der Waals surface area contributed by atoms with Crippen molar-refractivity contribution in [1.29, 1.82) is 0 Å². The van der Waals surface area contributed by atoms with Crippen molar-refractivity contribution in [3.8, 4) is 0 Å². The lowest BCUT2D eigenvalue weighted by Gasteiger charge is -1.98. The van der Waals surface area contributed by atoms with Crippen LogP contribution < -0.4 is 5.73 Å². The van der Waals surface area contributed by atoms with Gasteiger partial charge in [-0.15, -0.1) is 22.9 Å². The summed E-state index contributed by atoms with van der Waals surface area (Å²) in [7, 11) is 0. The average molecular weight is 226 g/mol. The van der Waals surface area contributed by atoms with Gasteiger partial charge in [0.2, 0.25) is 0 Å². The maximum absolute atomic E-state index is 10.8. The Bertz CT molecular complexity index is 492. The molecule has 0 unspecified atom stereocenters.